The van der Waals surface area contributed by atoms with Gasteiger partial charge >= 0.3 is 123 Å². The Morgan fingerprint density at radius 1 is 1.10 bits per heavy atom. The largest absolute Gasteiger partial charge is 0.147 e. The second kappa shape index (κ2) is 10.00. The van der Waals surface area contributed by atoms with Crippen molar-refractivity contribution in [1.29, 1.82) is 0 Å². The third-order valence-corrected chi connectivity index (χ3v) is 5.88. The molecule has 0 atom stereocenters. The quantitative estimate of drug-likeness (QED) is 0.595. The van der Waals surface area contributed by atoms with E-state index in [0.29, 0.717) is 5.75 Å². The van der Waals surface area contributed by atoms with Crippen molar-refractivity contribution in [3.63, 3.8) is 0 Å². The molecule has 0 unspecified atom stereocenters. The Hall–Kier alpha value is 0.114. The molecule has 0 aromatic heterocycles. The van der Waals surface area contributed by atoms with E-state index in [0.717, 1.165) is 22.2 Å². The number of aryl methyl sites for hydroxylation is 1. The molecule has 0 radical (unpaired) electrons. The fourth-order valence-corrected chi connectivity index (χ4v) is 3.54. The van der Waals surface area contributed by atoms with Crippen LogP contribution in [0.15, 0.2) is 18.2 Å². The molecule has 21 heavy (non-hydrogen) atoms. The van der Waals surface area contributed by atoms with Crippen LogP contribution in [0.4, 0.5) is 3.09 Å². The molecule has 0 saturated carbocycles. The second-order valence-electron chi connectivity index (χ2n) is 5.97. The summed E-state index contributed by atoms with van der Waals surface area (Å²) in [7, 11) is 0. The molecule has 0 saturated heterocycles. The van der Waals surface area contributed by atoms with Crippen LogP contribution in [0.25, 0.3) is 0 Å². The summed E-state index contributed by atoms with van der Waals surface area (Å²) in [5.74, 6) is 0.696. The van der Waals surface area contributed by atoms with Gasteiger partial charge in [-0.15, -0.1) is 24.8 Å². The van der Waals surface area contributed by atoms with Gasteiger partial charge in [-0.2, -0.15) is 0 Å². The standard InChI is InChI=1S/C11H16O.C5H10.2ClH.FH.Ti/c1-8-5-9(11(2,3)4)7-10(12)6-8;1-3-5-4-2;;;;/h5-7,12H,1-4H3;3-4H2,1-2H3;3*1H;/q;;;;;+2/p-2. The fraction of sp³-hybridized carbons (Fsp3) is 0.562. The van der Waals surface area contributed by atoms with Crippen LogP contribution in [0.2, 0.25) is 0 Å². The van der Waals surface area contributed by atoms with E-state index in [-0.39, 0.29) is 30.2 Å². The smallest absolute Gasteiger partial charge is 0.147 e. The Labute approximate surface area is 148 Å². The van der Waals surface area contributed by atoms with Crippen molar-refractivity contribution in [2.24, 2.45) is 0 Å². The molecule has 0 spiro atoms. The molecule has 0 amide bonds. The Bertz CT molecular complexity index is 476. The summed E-state index contributed by atoms with van der Waals surface area (Å²) in [4.78, 5) is 0. The zero-order valence-electron chi connectivity index (χ0n) is 13.7. The van der Waals surface area contributed by atoms with Gasteiger partial charge in [-0.25, -0.2) is 0 Å². The summed E-state index contributed by atoms with van der Waals surface area (Å²) in [6.45, 7) is 12.5. The van der Waals surface area contributed by atoms with Crippen molar-refractivity contribution in [3.05, 3.63) is 29.3 Å². The predicted octanol–water partition coefficient (Wildman–Crippen LogP) is 5.93. The van der Waals surface area contributed by atoms with E-state index >= 15 is 0 Å². The van der Waals surface area contributed by atoms with Crippen molar-refractivity contribution < 1.29 is 24.7 Å². The number of benzene rings is 1. The summed E-state index contributed by atoms with van der Waals surface area (Å²) < 4.78 is 20.8. The van der Waals surface area contributed by atoms with Crippen LogP contribution in [0.3, 0.4) is 0 Å². The van der Waals surface area contributed by atoms with E-state index in [1.54, 1.807) is 0 Å². The van der Waals surface area contributed by atoms with Crippen molar-refractivity contribution in [2.45, 2.75) is 59.8 Å². The van der Waals surface area contributed by atoms with Crippen molar-refractivity contribution in [3.8, 4) is 5.75 Å². The molecule has 122 valence electrons. The van der Waals surface area contributed by atoms with Crippen molar-refractivity contribution in [1.82, 2.24) is 0 Å². The van der Waals surface area contributed by atoms with Gasteiger partial charge in [-0.1, -0.05) is 0 Å². The van der Waals surface area contributed by atoms with Crippen LogP contribution in [-0.2, 0) is 23.7 Å². The molecule has 1 aromatic rings. The first kappa shape index (κ1) is 23.4. The Balaban J connectivity index is 0. The number of hydrogen-bond donors (Lipinski definition) is 0. The van der Waals surface area contributed by atoms with Crippen molar-refractivity contribution in [2.75, 3.05) is 0 Å². The van der Waals surface area contributed by atoms with Gasteiger partial charge in [0, 0.05) is 0 Å². The summed E-state index contributed by atoms with van der Waals surface area (Å²) in [5.41, 5.74) is 2.38. The first-order chi connectivity index (χ1) is 8.77. The number of rotatable bonds is 4. The van der Waals surface area contributed by atoms with Crippen LogP contribution < -0.4 is 3.32 Å². The summed E-state index contributed by atoms with van der Waals surface area (Å²) in [5, 5.41) is 0. The molecule has 0 N–H and O–H groups in total. The van der Waals surface area contributed by atoms with Crippen LogP contribution in [-0.4, -0.2) is 3.81 Å². The van der Waals surface area contributed by atoms with E-state index in [4.69, 9.17) is 3.32 Å². The van der Waals surface area contributed by atoms with Gasteiger partial charge in [-0.05, 0) is 0 Å². The van der Waals surface area contributed by atoms with Crippen molar-refractivity contribution >= 4 is 28.6 Å². The average Bonchev–Trinajstić information content (AvgIpc) is 2.28. The van der Waals surface area contributed by atoms with Gasteiger partial charge in [0.15, 0.2) is 0 Å². The third kappa shape index (κ3) is 7.28. The Morgan fingerprint density at radius 3 is 2.05 bits per heavy atom. The maximum absolute atomic E-state index is 14.2. The zero-order chi connectivity index (χ0) is 14.6. The Kier molecular flexibility index (Phi) is 11.1. The Morgan fingerprint density at radius 2 is 1.62 bits per heavy atom. The van der Waals surface area contributed by atoms with Gasteiger partial charge in [0.05, 0.1) is 0 Å². The monoisotopic (exact) mass is 372 g/mol. The number of halogens is 3. The minimum Gasteiger partial charge on any atom is -0.147 e. The van der Waals surface area contributed by atoms with Gasteiger partial charge in [0.1, 0.15) is 0 Å². The molecular formula is C16H27Cl2FOTi. The van der Waals surface area contributed by atoms with E-state index in [1.165, 1.54) is 5.56 Å². The molecule has 1 nitrogen and oxygen atoms in total. The molecular weight excluding hydrogens is 346 g/mol. The van der Waals surface area contributed by atoms with E-state index in [1.807, 2.05) is 32.9 Å². The van der Waals surface area contributed by atoms with Gasteiger partial charge in [0.2, 0.25) is 0 Å². The topological polar surface area (TPSA) is 9.23 Å². The maximum atomic E-state index is 14.2. The van der Waals surface area contributed by atoms with Gasteiger partial charge < -0.3 is 0 Å². The number of hydrogen-bond acceptors (Lipinski definition) is 1. The van der Waals surface area contributed by atoms with E-state index in [2.05, 4.69) is 26.8 Å². The fourth-order valence-electron chi connectivity index (χ4n) is 1.94. The molecule has 0 aliphatic rings. The minimum atomic E-state index is -3.01. The van der Waals surface area contributed by atoms with Crippen LogP contribution in [0.5, 0.6) is 5.75 Å². The average molecular weight is 373 g/mol. The summed E-state index contributed by atoms with van der Waals surface area (Å²) >= 11 is -3.01. The third-order valence-electron chi connectivity index (χ3n) is 3.26. The van der Waals surface area contributed by atoms with Gasteiger partial charge in [-0.3, -0.25) is 0 Å². The molecule has 0 heterocycles. The molecule has 5 heteroatoms. The normalized spacial score (nSPS) is 10.2. The van der Waals surface area contributed by atoms with E-state index < -0.39 is 18.3 Å². The summed E-state index contributed by atoms with van der Waals surface area (Å²) in [6.07, 6.45) is 1.58. The molecule has 0 aliphatic carbocycles. The van der Waals surface area contributed by atoms with Crippen LogP contribution in [0.1, 0.15) is 58.6 Å². The van der Waals surface area contributed by atoms with Crippen LogP contribution in [0, 0.1) is 6.92 Å². The molecule has 0 aliphatic heterocycles. The summed E-state index contributed by atoms with van der Waals surface area (Å²) in [6, 6.07) is 6.07. The first-order valence-corrected chi connectivity index (χ1v) is 8.96. The predicted molar refractivity (Wildman–Crippen MR) is 91.7 cm³/mol. The minimum absolute atomic E-state index is 0. The zero-order valence-corrected chi connectivity index (χ0v) is 16.9. The second-order valence-corrected chi connectivity index (χ2v) is 8.25. The van der Waals surface area contributed by atoms with E-state index in [9.17, 15) is 3.09 Å². The van der Waals surface area contributed by atoms with Gasteiger partial charge in [0.25, 0.3) is 0 Å². The molecule has 0 bridgehead atoms. The molecule has 1 aromatic carbocycles. The van der Waals surface area contributed by atoms with Crippen LogP contribution >= 0.6 is 24.8 Å². The SMILES string of the molecule is CC[C](CC)=[Ti]([F])[O]c1cc(C)cc(C(C)(C)C)c1.Cl.Cl. The molecule has 0 fully saturated rings. The maximum Gasteiger partial charge on any atom is -0.147 e. The first-order valence-electron chi connectivity index (χ1n) is 6.95. The molecule has 1 rings (SSSR count).